The van der Waals surface area contributed by atoms with Crippen LogP contribution < -0.4 is 5.32 Å². The van der Waals surface area contributed by atoms with Gasteiger partial charge in [0.25, 0.3) is 5.91 Å². The Morgan fingerprint density at radius 1 is 1.08 bits per heavy atom. The van der Waals surface area contributed by atoms with Crippen LogP contribution in [0.15, 0.2) is 42.6 Å². The maximum Gasteiger partial charge on any atom is 0.322 e. The first kappa shape index (κ1) is 19.2. The monoisotopic (exact) mass is 376 g/mol. The fourth-order valence-electron chi connectivity index (χ4n) is 2.53. The third-order valence-electron chi connectivity index (χ3n) is 3.73. The molecule has 0 bridgehead atoms. The van der Waals surface area contributed by atoms with E-state index in [-0.39, 0.29) is 29.4 Å². The topological polar surface area (TPSA) is 117 Å². The predicted octanol–water partition coefficient (Wildman–Crippen LogP) is 1.46. The minimum atomic E-state index is -1.18. The Balaban J connectivity index is 0.00000243. The summed E-state index contributed by atoms with van der Waals surface area (Å²) in [5.41, 5.74) is 1.24. The highest BCUT2D eigenvalue weighted by atomic mass is 35.5. The Morgan fingerprint density at radius 3 is 2.50 bits per heavy atom. The second kappa shape index (κ2) is 8.30. The van der Waals surface area contributed by atoms with Crippen LogP contribution in [0.2, 0.25) is 0 Å². The van der Waals surface area contributed by atoms with Crippen molar-refractivity contribution in [3.8, 4) is 5.75 Å². The molecule has 3 N–H and O–H groups in total. The van der Waals surface area contributed by atoms with Crippen LogP contribution in [0.4, 0.5) is 0 Å². The summed E-state index contributed by atoms with van der Waals surface area (Å²) in [5.74, 6) is -1.53. The minimum absolute atomic E-state index is 0. The average Bonchev–Trinajstić information content (AvgIpc) is 3.01. The molecule has 136 valence electrons. The second-order valence-corrected chi connectivity index (χ2v) is 5.45. The molecule has 0 fully saturated rings. The molecule has 0 aliphatic heterocycles. The SMILES string of the molecule is Cl.O=C(O)CNC(=O)c1c(O)ccn2c(CCc3ccccc3)nnc12. The molecule has 2 heterocycles. The normalized spacial score (nSPS) is 10.3. The summed E-state index contributed by atoms with van der Waals surface area (Å²) in [6, 6.07) is 11.2. The number of aryl methyl sites for hydroxylation is 2. The fraction of sp³-hybridized carbons (Fsp3) is 0.176. The van der Waals surface area contributed by atoms with Crippen LogP contribution in [-0.4, -0.2) is 43.2 Å². The molecule has 3 aromatic rings. The molecule has 1 amide bonds. The van der Waals surface area contributed by atoms with E-state index in [0.29, 0.717) is 12.2 Å². The van der Waals surface area contributed by atoms with E-state index in [1.54, 1.807) is 10.6 Å². The number of carbonyl (C=O) groups excluding carboxylic acids is 1. The molecule has 9 heteroatoms. The Hall–Kier alpha value is -3.13. The number of hydrogen-bond donors (Lipinski definition) is 3. The quantitative estimate of drug-likeness (QED) is 0.599. The molecule has 0 aliphatic rings. The van der Waals surface area contributed by atoms with Crippen molar-refractivity contribution >= 4 is 29.9 Å². The van der Waals surface area contributed by atoms with E-state index < -0.39 is 18.4 Å². The molecule has 0 spiro atoms. The van der Waals surface area contributed by atoms with Crippen molar-refractivity contribution < 1.29 is 19.8 Å². The number of nitrogens with one attached hydrogen (secondary N) is 1. The molecule has 8 nitrogen and oxygen atoms in total. The van der Waals surface area contributed by atoms with Crippen LogP contribution >= 0.6 is 12.4 Å². The molecule has 0 aliphatic carbocycles. The lowest BCUT2D eigenvalue weighted by atomic mass is 10.1. The number of pyridine rings is 1. The van der Waals surface area contributed by atoms with Gasteiger partial charge in [-0.15, -0.1) is 22.6 Å². The largest absolute Gasteiger partial charge is 0.507 e. The van der Waals surface area contributed by atoms with E-state index in [1.807, 2.05) is 30.3 Å². The van der Waals surface area contributed by atoms with E-state index in [0.717, 1.165) is 12.0 Å². The minimum Gasteiger partial charge on any atom is -0.507 e. The molecule has 0 saturated heterocycles. The molecule has 0 saturated carbocycles. The third kappa shape index (κ3) is 4.09. The van der Waals surface area contributed by atoms with Gasteiger partial charge in [0.05, 0.1) is 0 Å². The molecule has 0 radical (unpaired) electrons. The fourth-order valence-corrected chi connectivity index (χ4v) is 2.53. The van der Waals surface area contributed by atoms with Crippen LogP contribution in [0, 0.1) is 0 Å². The van der Waals surface area contributed by atoms with Crippen molar-refractivity contribution in [1.82, 2.24) is 19.9 Å². The zero-order valence-corrected chi connectivity index (χ0v) is 14.4. The van der Waals surface area contributed by atoms with Crippen LogP contribution in [-0.2, 0) is 17.6 Å². The summed E-state index contributed by atoms with van der Waals surface area (Å²) >= 11 is 0. The van der Waals surface area contributed by atoms with E-state index in [9.17, 15) is 14.7 Å². The zero-order valence-electron chi connectivity index (χ0n) is 13.6. The predicted molar refractivity (Wildman–Crippen MR) is 95.7 cm³/mol. The molecule has 1 aromatic carbocycles. The number of carbonyl (C=O) groups is 2. The van der Waals surface area contributed by atoms with E-state index >= 15 is 0 Å². The lowest BCUT2D eigenvalue weighted by molar-refractivity contribution is -0.135. The highest BCUT2D eigenvalue weighted by molar-refractivity contribution is 6.03. The smallest absolute Gasteiger partial charge is 0.322 e. The van der Waals surface area contributed by atoms with Gasteiger partial charge in [-0.05, 0) is 18.1 Å². The van der Waals surface area contributed by atoms with Gasteiger partial charge in [-0.1, -0.05) is 30.3 Å². The number of carboxylic acid groups (broad SMARTS) is 1. The summed E-state index contributed by atoms with van der Waals surface area (Å²) in [4.78, 5) is 22.8. The number of aliphatic carboxylic acids is 1. The van der Waals surface area contributed by atoms with E-state index in [4.69, 9.17) is 5.11 Å². The number of aromatic nitrogens is 3. The number of halogens is 1. The summed E-state index contributed by atoms with van der Waals surface area (Å²) in [6.07, 6.45) is 2.94. The highest BCUT2D eigenvalue weighted by Crippen LogP contribution is 2.22. The number of hydrogen-bond acceptors (Lipinski definition) is 5. The van der Waals surface area contributed by atoms with Gasteiger partial charge in [-0.25, -0.2) is 0 Å². The molecule has 0 unspecified atom stereocenters. The van der Waals surface area contributed by atoms with Gasteiger partial charge in [0.1, 0.15) is 23.7 Å². The number of nitrogens with zero attached hydrogens (tertiary/aromatic N) is 3. The number of fused-ring (bicyclic) bond motifs is 1. The maximum absolute atomic E-state index is 12.2. The van der Waals surface area contributed by atoms with E-state index in [1.165, 1.54) is 6.07 Å². The van der Waals surface area contributed by atoms with Gasteiger partial charge in [0.15, 0.2) is 5.65 Å². The van der Waals surface area contributed by atoms with E-state index in [2.05, 4.69) is 15.5 Å². The summed E-state index contributed by atoms with van der Waals surface area (Å²) in [5, 5.41) is 28.9. The number of amides is 1. The number of rotatable bonds is 6. The summed E-state index contributed by atoms with van der Waals surface area (Å²) in [6.45, 7) is -0.547. The molecule has 2 aromatic heterocycles. The Labute approximate surface area is 154 Å². The van der Waals surface area contributed by atoms with Crippen molar-refractivity contribution in [3.63, 3.8) is 0 Å². The van der Waals surface area contributed by atoms with Gasteiger partial charge in [-0.3, -0.25) is 14.0 Å². The number of benzene rings is 1. The van der Waals surface area contributed by atoms with Gasteiger partial charge >= 0.3 is 5.97 Å². The Bertz CT molecular complexity index is 927. The van der Waals surface area contributed by atoms with Gasteiger partial charge < -0.3 is 15.5 Å². The zero-order chi connectivity index (χ0) is 17.8. The van der Waals surface area contributed by atoms with Gasteiger partial charge in [0, 0.05) is 12.6 Å². The lowest BCUT2D eigenvalue weighted by Crippen LogP contribution is -2.29. The average molecular weight is 377 g/mol. The van der Waals surface area contributed by atoms with Gasteiger partial charge in [0.2, 0.25) is 0 Å². The Kier molecular flexibility index (Phi) is 6.13. The Morgan fingerprint density at radius 2 is 1.81 bits per heavy atom. The molecule has 0 atom stereocenters. The summed E-state index contributed by atoms with van der Waals surface area (Å²) < 4.78 is 1.62. The van der Waals surface area contributed by atoms with Crippen molar-refractivity contribution in [3.05, 3.63) is 59.5 Å². The van der Waals surface area contributed by atoms with Crippen LogP contribution in [0.1, 0.15) is 21.7 Å². The number of carboxylic acids is 1. The third-order valence-corrected chi connectivity index (χ3v) is 3.73. The maximum atomic E-state index is 12.2. The highest BCUT2D eigenvalue weighted by Gasteiger charge is 2.20. The van der Waals surface area contributed by atoms with Crippen molar-refractivity contribution in [2.24, 2.45) is 0 Å². The van der Waals surface area contributed by atoms with Gasteiger partial charge in [-0.2, -0.15) is 0 Å². The molecular weight excluding hydrogens is 360 g/mol. The van der Waals surface area contributed by atoms with Crippen LogP contribution in [0.25, 0.3) is 5.65 Å². The number of aromatic hydroxyl groups is 1. The molecule has 26 heavy (non-hydrogen) atoms. The van der Waals surface area contributed by atoms with Crippen molar-refractivity contribution in [1.29, 1.82) is 0 Å². The van der Waals surface area contributed by atoms with Crippen molar-refractivity contribution in [2.75, 3.05) is 6.54 Å². The first-order chi connectivity index (χ1) is 12.1. The summed E-state index contributed by atoms with van der Waals surface area (Å²) in [7, 11) is 0. The first-order valence-corrected chi connectivity index (χ1v) is 7.65. The standard InChI is InChI=1S/C17H16N4O4.ClH/c22-12-8-9-21-13(7-6-11-4-2-1-3-5-11)19-20-16(21)15(12)17(25)18-10-14(23)24;/h1-5,8-9,22H,6-7,10H2,(H,18,25)(H,23,24);1H. The molecular formula is C17H17ClN4O4. The molecule has 3 rings (SSSR count). The van der Waals surface area contributed by atoms with Crippen LogP contribution in [0.5, 0.6) is 5.75 Å². The first-order valence-electron chi connectivity index (χ1n) is 7.65. The van der Waals surface area contributed by atoms with Crippen LogP contribution in [0.3, 0.4) is 0 Å². The lowest BCUT2D eigenvalue weighted by Gasteiger charge is -2.07. The second-order valence-electron chi connectivity index (χ2n) is 5.45. The van der Waals surface area contributed by atoms with Crippen molar-refractivity contribution in [2.45, 2.75) is 12.8 Å².